The fraction of sp³-hybridized carbons (Fsp3) is 0.867. The molecule has 1 fully saturated rings. The Labute approximate surface area is 122 Å². The van der Waals surface area contributed by atoms with Crippen molar-refractivity contribution in [1.82, 2.24) is 10.6 Å². The van der Waals surface area contributed by atoms with E-state index in [1.54, 1.807) is 6.92 Å². The fourth-order valence-corrected chi connectivity index (χ4v) is 2.86. The molecule has 116 valence electrons. The highest BCUT2D eigenvalue weighted by Gasteiger charge is 2.33. The lowest BCUT2D eigenvalue weighted by molar-refractivity contribution is -0.130. The fourth-order valence-electron chi connectivity index (χ4n) is 2.86. The molecule has 5 nitrogen and oxygen atoms in total. The van der Waals surface area contributed by atoms with Gasteiger partial charge >= 0.3 is 0 Å². The number of carbonyl (C=O) groups is 2. The molecule has 0 aromatic heterocycles. The van der Waals surface area contributed by atoms with Gasteiger partial charge in [-0.1, -0.05) is 19.3 Å². The molecule has 1 aliphatic carbocycles. The average molecular weight is 283 g/mol. The largest absolute Gasteiger partial charge is 0.352 e. The van der Waals surface area contributed by atoms with Gasteiger partial charge in [0.2, 0.25) is 11.8 Å². The van der Waals surface area contributed by atoms with Crippen molar-refractivity contribution in [2.75, 3.05) is 6.54 Å². The molecule has 0 saturated heterocycles. The van der Waals surface area contributed by atoms with Crippen LogP contribution in [-0.4, -0.2) is 30.4 Å². The molecule has 1 aliphatic rings. The number of carbonyl (C=O) groups excluding carboxylic acids is 2. The van der Waals surface area contributed by atoms with Crippen LogP contribution in [-0.2, 0) is 9.59 Å². The highest BCUT2D eigenvalue weighted by atomic mass is 16.2. The van der Waals surface area contributed by atoms with Crippen LogP contribution in [0.2, 0.25) is 0 Å². The molecule has 20 heavy (non-hydrogen) atoms. The maximum absolute atomic E-state index is 12.1. The van der Waals surface area contributed by atoms with Gasteiger partial charge in [-0.05, 0) is 45.6 Å². The Balaban J connectivity index is 2.47. The van der Waals surface area contributed by atoms with Gasteiger partial charge in [-0.25, -0.2) is 0 Å². The van der Waals surface area contributed by atoms with Crippen molar-refractivity contribution in [2.45, 2.75) is 71.4 Å². The third-order valence-corrected chi connectivity index (χ3v) is 4.08. The molecule has 1 rings (SSSR count). The van der Waals surface area contributed by atoms with Gasteiger partial charge in [0.15, 0.2) is 0 Å². The van der Waals surface area contributed by atoms with Crippen molar-refractivity contribution >= 4 is 11.8 Å². The van der Waals surface area contributed by atoms with E-state index in [0.717, 1.165) is 25.7 Å². The number of rotatable bonds is 6. The molecule has 4 N–H and O–H groups in total. The minimum Gasteiger partial charge on any atom is -0.352 e. The van der Waals surface area contributed by atoms with Gasteiger partial charge in [-0.2, -0.15) is 0 Å². The van der Waals surface area contributed by atoms with Gasteiger partial charge in [-0.3, -0.25) is 9.59 Å². The van der Waals surface area contributed by atoms with Crippen LogP contribution in [0.25, 0.3) is 0 Å². The van der Waals surface area contributed by atoms with Gasteiger partial charge in [0.25, 0.3) is 0 Å². The molecule has 1 saturated carbocycles. The maximum Gasteiger partial charge on any atom is 0.242 e. The number of hydrogen-bond donors (Lipinski definition) is 3. The van der Waals surface area contributed by atoms with Gasteiger partial charge in [0.1, 0.15) is 6.04 Å². The normalized spacial score (nSPS) is 19.4. The molecule has 0 spiro atoms. The molecule has 0 aromatic carbocycles. The van der Waals surface area contributed by atoms with E-state index in [9.17, 15) is 9.59 Å². The topological polar surface area (TPSA) is 84.2 Å². The van der Waals surface area contributed by atoms with Gasteiger partial charge in [0.05, 0.1) is 0 Å². The van der Waals surface area contributed by atoms with E-state index < -0.39 is 6.04 Å². The standard InChI is InChI=1S/C15H29N3O2/c1-11(2)17-14(20)12(3)18-13(19)9-15(10-16)7-5-4-6-8-15/h11-12H,4-10,16H2,1-3H3,(H,17,20)(H,18,19). The monoisotopic (exact) mass is 283 g/mol. The summed E-state index contributed by atoms with van der Waals surface area (Å²) >= 11 is 0. The first-order chi connectivity index (χ1) is 9.38. The second kappa shape index (κ2) is 7.62. The first kappa shape index (κ1) is 17.0. The van der Waals surface area contributed by atoms with Crippen molar-refractivity contribution in [3.05, 3.63) is 0 Å². The molecule has 0 radical (unpaired) electrons. The van der Waals surface area contributed by atoms with Crippen LogP contribution in [0.15, 0.2) is 0 Å². The van der Waals surface area contributed by atoms with Crippen LogP contribution in [0.1, 0.15) is 59.3 Å². The second-order valence-electron chi connectivity index (χ2n) is 6.39. The Morgan fingerprint density at radius 2 is 1.70 bits per heavy atom. The summed E-state index contributed by atoms with van der Waals surface area (Å²) in [5.41, 5.74) is 5.82. The summed E-state index contributed by atoms with van der Waals surface area (Å²) in [5.74, 6) is -0.206. The van der Waals surface area contributed by atoms with Crippen LogP contribution < -0.4 is 16.4 Å². The minimum absolute atomic E-state index is 0.0590. The highest BCUT2D eigenvalue weighted by Crippen LogP contribution is 2.38. The number of hydrogen-bond acceptors (Lipinski definition) is 3. The summed E-state index contributed by atoms with van der Waals surface area (Å²) in [6, 6.07) is -0.418. The smallest absolute Gasteiger partial charge is 0.242 e. The van der Waals surface area contributed by atoms with E-state index in [0.29, 0.717) is 13.0 Å². The predicted octanol–water partition coefficient (Wildman–Crippen LogP) is 1.32. The van der Waals surface area contributed by atoms with Crippen LogP contribution in [0.4, 0.5) is 0 Å². The lowest BCUT2D eigenvalue weighted by atomic mass is 9.71. The van der Waals surface area contributed by atoms with Gasteiger partial charge in [-0.15, -0.1) is 0 Å². The zero-order valence-electron chi connectivity index (χ0n) is 13.0. The molecule has 5 heteroatoms. The van der Waals surface area contributed by atoms with E-state index in [-0.39, 0.29) is 23.3 Å². The maximum atomic E-state index is 12.1. The van der Waals surface area contributed by atoms with Crippen molar-refractivity contribution in [1.29, 1.82) is 0 Å². The van der Waals surface area contributed by atoms with E-state index >= 15 is 0 Å². The lowest BCUT2D eigenvalue weighted by Crippen LogP contribution is -2.48. The van der Waals surface area contributed by atoms with Crippen LogP contribution in [0, 0.1) is 5.41 Å². The molecule has 0 heterocycles. The minimum atomic E-state index is -0.497. The summed E-state index contributed by atoms with van der Waals surface area (Å²) in [7, 11) is 0. The van der Waals surface area contributed by atoms with Gasteiger partial charge < -0.3 is 16.4 Å². The van der Waals surface area contributed by atoms with E-state index in [1.165, 1.54) is 6.42 Å². The molecule has 2 amide bonds. The van der Waals surface area contributed by atoms with Crippen LogP contribution in [0.3, 0.4) is 0 Å². The van der Waals surface area contributed by atoms with Crippen LogP contribution >= 0.6 is 0 Å². The number of nitrogens with one attached hydrogen (secondary N) is 2. The Morgan fingerprint density at radius 3 is 2.20 bits per heavy atom. The molecule has 0 bridgehead atoms. The first-order valence-electron chi connectivity index (χ1n) is 7.68. The molecule has 1 atom stereocenters. The first-order valence-corrected chi connectivity index (χ1v) is 7.68. The summed E-state index contributed by atoms with van der Waals surface area (Å²) in [6.45, 7) is 6.06. The third-order valence-electron chi connectivity index (χ3n) is 4.08. The van der Waals surface area contributed by atoms with Crippen molar-refractivity contribution in [3.8, 4) is 0 Å². The summed E-state index contributed by atoms with van der Waals surface area (Å²) in [5, 5.41) is 5.58. The quantitative estimate of drug-likeness (QED) is 0.687. The van der Waals surface area contributed by atoms with E-state index in [1.807, 2.05) is 13.8 Å². The highest BCUT2D eigenvalue weighted by molar-refractivity contribution is 5.87. The van der Waals surface area contributed by atoms with Crippen molar-refractivity contribution < 1.29 is 9.59 Å². The summed E-state index contributed by atoms with van der Waals surface area (Å²) in [6.07, 6.45) is 5.99. The molecular weight excluding hydrogens is 254 g/mol. The summed E-state index contributed by atoms with van der Waals surface area (Å²) in [4.78, 5) is 23.9. The molecular formula is C15H29N3O2. The Hall–Kier alpha value is -1.10. The second-order valence-corrected chi connectivity index (χ2v) is 6.39. The van der Waals surface area contributed by atoms with Crippen molar-refractivity contribution in [2.24, 2.45) is 11.1 Å². The molecule has 1 unspecified atom stereocenters. The predicted molar refractivity (Wildman–Crippen MR) is 80.1 cm³/mol. The molecule has 0 aromatic rings. The zero-order chi connectivity index (χ0) is 15.2. The Kier molecular flexibility index (Phi) is 6.46. The number of amides is 2. The zero-order valence-corrected chi connectivity index (χ0v) is 13.0. The van der Waals surface area contributed by atoms with Crippen LogP contribution in [0.5, 0.6) is 0 Å². The average Bonchev–Trinajstić information content (AvgIpc) is 2.38. The van der Waals surface area contributed by atoms with Gasteiger partial charge in [0, 0.05) is 12.5 Å². The Morgan fingerprint density at radius 1 is 1.10 bits per heavy atom. The van der Waals surface area contributed by atoms with Crippen molar-refractivity contribution in [3.63, 3.8) is 0 Å². The Bertz CT molecular complexity index is 336. The van der Waals surface area contributed by atoms with E-state index in [4.69, 9.17) is 5.73 Å². The third kappa shape index (κ3) is 5.12. The number of nitrogens with two attached hydrogens (primary N) is 1. The lowest BCUT2D eigenvalue weighted by Gasteiger charge is -2.35. The molecule has 0 aliphatic heterocycles. The summed E-state index contributed by atoms with van der Waals surface area (Å²) < 4.78 is 0. The van der Waals surface area contributed by atoms with E-state index in [2.05, 4.69) is 10.6 Å². The SMILES string of the molecule is CC(C)NC(=O)C(C)NC(=O)CC1(CN)CCCCC1.